The van der Waals surface area contributed by atoms with Crippen LogP contribution in [0.4, 0.5) is 5.69 Å². The summed E-state index contributed by atoms with van der Waals surface area (Å²) in [4.78, 5) is 12.4. The van der Waals surface area contributed by atoms with Gasteiger partial charge < -0.3 is 10.0 Å². The van der Waals surface area contributed by atoms with Crippen molar-refractivity contribution in [3.63, 3.8) is 0 Å². The van der Waals surface area contributed by atoms with Crippen LogP contribution in [0.1, 0.15) is 30.9 Å². The number of rotatable bonds is 6. The van der Waals surface area contributed by atoms with E-state index in [1.807, 2.05) is 7.05 Å². The molecular weight excluding hydrogens is 244 g/mol. The lowest BCUT2D eigenvalue weighted by molar-refractivity contribution is -0.385. The van der Waals surface area contributed by atoms with Crippen LogP contribution in [-0.2, 0) is 0 Å². The molecule has 0 amide bonds. The smallest absolute Gasteiger partial charge is 0.269 e. The molecule has 1 saturated carbocycles. The van der Waals surface area contributed by atoms with Crippen molar-refractivity contribution in [3.8, 4) is 0 Å². The molecule has 1 aliphatic carbocycles. The van der Waals surface area contributed by atoms with E-state index in [9.17, 15) is 15.2 Å². The quantitative estimate of drug-likeness (QED) is 0.632. The summed E-state index contributed by atoms with van der Waals surface area (Å²) >= 11 is 0. The SMILES string of the molecule is CN(CC1CCC1)CC(O)c1cccc([N+](=O)[O-])c1. The minimum Gasteiger partial charge on any atom is -0.387 e. The number of likely N-dealkylation sites (N-methyl/N-ethyl adjacent to an activating group) is 1. The highest BCUT2D eigenvalue weighted by Crippen LogP contribution is 2.27. The third-order valence-corrected chi connectivity index (χ3v) is 3.75. The Labute approximate surface area is 113 Å². The Morgan fingerprint density at radius 1 is 1.53 bits per heavy atom. The molecule has 1 aliphatic rings. The molecule has 0 bridgehead atoms. The van der Waals surface area contributed by atoms with Gasteiger partial charge in [0.25, 0.3) is 5.69 Å². The average molecular weight is 264 g/mol. The molecule has 0 spiro atoms. The van der Waals surface area contributed by atoms with Gasteiger partial charge in [-0.2, -0.15) is 0 Å². The first-order valence-corrected chi connectivity index (χ1v) is 6.67. The highest BCUT2D eigenvalue weighted by atomic mass is 16.6. The molecule has 1 aromatic rings. The van der Waals surface area contributed by atoms with E-state index in [0.717, 1.165) is 12.5 Å². The van der Waals surface area contributed by atoms with E-state index in [-0.39, 0.29) is 5.69 Å². The number of aliphatic hydroxyl groups excluding tert-OH is 1. The molecule has 0 saturated heterocycles. The lowest BCUT2D eigenvalue weighted by Crippen LogP contribution is -2.32. The van der Waals surface area contributed by atoms with Crippen molar-refractivity contribution >= 4 is 5.69 Å². The molecule has 0 aromatic heterocycles. The van der Waals surface area contributed by atoms with Gasteiger partial charge in [-0.15, -0.1) is 0 Å². The first kappa shape index (κ1) is 14.0. The Morgan fingerprint density at radius 3 is 2.84 bits per heavy atom. The fraction of sp³-hybridized carbons (Fsp3) is 0.571. The largest absolute Gasteiger partial charge is 0.387 e. The summed E-state index contributed by atoms with van der Waals surface area (Å²) in [5, 5.41) is 20.8. The number of hydrogen-bond acceptors (Lipinski definition) is 4. The molecule has 104 valence electrons. The van der Waals surface area contributed by atoms with E-state index in [2.05, 4.69) is 4.90 Å². The van der Waals surface area contributed by atoms with Gasteiger partial charge in [0.2, 0.25) is 0 Å². The zero-order chi connectivity index (χ0) is 13.8. The van der Waals surface area contributed by atoms with Crippen molar-refractivity contribution in [1.82, 2.24) is 4.90 Å². The molecule has 1 N–H and O–H groups in total. The fourth-order valence-corrected chi connectivity index (χ4v) is 2.44. The summed E-state index contributed by atoms with van der Waals surface area (Å²) in [7, 11) is 1.99. The monoisotopic (exact) mass is 264 g/mol. The fourth-order valence-electron chi connectivity index (χ4n) is 2.44. The van der Waals surface area contributed by atoms with E-state index in [1.165, 1.54) is 31.4 Å². The van der Waals surface area contributed by atoms with Gasteiger partial charge in [0.1, 0.15) is 0 Å². The lowest BCUT2D eigenvalue weighted by Gasteiger charge is -2.31. The standard InChI is InChI=1S/C14H20N2O3/c1-15(9-11-4-2-5-11)10-14(17)12-6-3-7-13(8-12)16(18)19/h3,6-8,11,14,17H,2,4-5,9-10H2,1H3. The predicted octanol–water partition coefficient (Wildman–Crippen LogP) is 2.36. The number of hydrogen-bond donors (Lipinski definition) is 1. The van der Waals surface area contributed by atoms with Crippen molar-refractivity contribution < 1.29 is 10.0 Å². The molecule has 2 rings (SSSR count). The maximum absolute atomic E-state index is 10.7. The van der Waals surface area contributed by atoms with Crippen LogP contribution in [0.5, 0.6) is 0 Å². The zero-order valence-corrected chi connectivity index (χ0v) is 11.2. The third kappa shape index (κ3) is 3.75. The third-order valence-electron chi connectivity index (χ3n) is 3.75. The van der Waals surface area contributed by atoms with Crippen LogP contribution in [0.2, 0.25) is 0 Å². The molecule has 1 atom stereocenters. The van der Waals surface area contributed by atoms with Gasteiger partial charge in [0, 0.05) is 25.2 Å². The van der Waals surface area contributed by atoms with Crippen molar-refractivity contribution in [3.05, 3.63) is 39.9 Å². The molecular formula is C14H20N2O3. The van der Waals surface area contributed by atoms with E-state index >= 15 is 0 Å². The van der Waals surface area contributed by atoms with Crippen molar-refractivity contribution in [2.75, 3.05) is 20.1 Å². The van der Waals surface area contributed by atoms with Gasteiger partial charge >= 0.3 is 0 Å². The van der Waals surface area contributed by atoms with Gasteiger partial charge in [0.15, 0.2) is 0 Å². The molecule has 5 nitrogen and oxygen atoms in total. The highest BCUT2D eigenvalue weighted by molar-refractivity contribution is 5.35. The average Bonchev–Trinajstić information content (AvgIpc) is 2.34. The second kappa shape index (κ2) is 6.12. The second-order valence-electron chi connectivity index (χ2n) is 5.39. The highest BCUT2D eigenvalue weighted by Gasteiger charge is 2.21. The Bertz CT molecular complexity index is 446. The summed E-state index contributed by atoms with van der Waals surface area (Å²) in [5.41, 5.74) is 0.632. The molecule has 1 unspecified atom stereocenters. The predicted molar refractivity (Wildman–Crippen MR) is 72.9 cm³/mol. The Hall–Kier alpha value is -1.46. The number of nitrogens with zero attached hydrogens (tertiary/aromatic N) is 2. The van der Waals surface area contributed by atoms with E-state index in [4.69, 9.17) is 0 Å². The van der Waals surface area contributed by atoms with E-state index in [1.54, 1.807) is 12.1 Å². The van der Waals surface area contributed by atoms with E-state index < -0.39 is 11.0 Å². The Morgan fingerprint density at radius 2 is 2.26 bits per heavy atom. The summed E-state index contributed by atoms with van der Waals surface area (Å²) in [6.45, 7) is 1.50. The number of benzene rings is 1. The van der Waals surface area contributed by atoms with Gasteiger partial charge in [0.05, 0.1) is 11.0 Å². The molecule has 1 aromatic carbocycles. The molecule has 1 fully saturated rings. The lowest BCUT2D eigenvalue weighted by atomic mass is 9.85. The molecule has 0 radical (unpaired) electrons. The van der Waals surface area contributed by atoms with Crippen molar-refractivity contribution in [1.29, 1.82) is 0 Å². The van der Waals surface area contributed by atoms with Crippen LogP contribution in [0.25, 0.3) is 0 Å². The van der Waals surface area contributed by atoms with Crippen LogP contribution in [0.3, 0.4) is 0 Å². The van der Waals surface area contributed by atoms with Crippen LogP contribution in [0, 0.1) is 16.0 Å². The van der Waals surface area contributed by atoms with Crippen molar-refractivity contribution in [2.45, 2.75) is 25.4 Å². The summed E-state index contributed by atoms with van der Waals surface area (Å²) in [6, 6.07) is 6.23. The number of nitro benzene ring substituents is 1. The Kier molecular flexibility index (Phi) is 4.50. The summed E-state index contributed by atoms with van der Waals surface area (Å²) in [6.07, 6.45) is 3.19. The first-order valence-electron chi connectivity index (χ1n) is 6.67. The normalized spacial score (nSPS) is 17.2. The maximum atomic E-state index is 10.7. The van der Waals surface area contributed by atoms with Gasteiger partial charge in [-0.3, -0.25) is 10.1 Å². The molecule has 0 aliphatic heterocycles. The van der Waals surface area contributed by atoms with Gasteiger partial charge in [-0.1, -0.05) is 18.6 Å². The summed E-state index contributed by atoms with van der Waals surface area (Å²) < 4.78 is 0. The Balaban J connectivity index is 1.92. The van der Waals surface area contributed by atoms with E-state index in [0.29, 0.717) is 12.1 Å². The minimum atomic E-state index is -0.676. The maximum Gasteiger partial charge on any atom is 0.269 e. The molecule has 0 heterocycles. The summed E-state index contributed by atoms with van der Waals surface area (Å²) in [5.74, 6) is 0.752. The van der Waals surface area contributed by atoms with Gasteiger partial charge in [-0.05, 0) is 31.4 Å². The minimum absolute atomic E-state index is 0.0261. The number of aliphatic hydroxyl groups is 1. The number of non-ortho nitro benzene ring substituents is 1. The topological polar surface area (TPSA) is 66.6 Å². The van der Waals surface area contributed by atoms with Gasteiger partial charge in [-0.25, -0.2) is 0 Å². The zero-order valence-electron chi connectivity index (χ0n) is 11.2. The second-order valence-corrected chi connectivity index (χ2v) is 5.39. The van der Waals surface area contributed by atoms with Crippen LogP contribution < -0.4 is 0 Å². The first-order chi connectivity index (χ1) is 9.06. The van der Waals surface area contributed by atoms with Crippen LogP contribution in [-0.4, -0.2) is 35.1 Å². The van der Waals surface area contributed by atoms with Crippen molar-refractivity contribution in [2.24, 2.45) is 5.92 Å². The molecule has 5 heteroatoms. The molecule has 19 heavy (non-hydrogen) atoms. The number of nitro groups is 1. The van der Waals surface area contributed by atoms with Crippen LogP contribution in [0.15, 0.2) is 24.3 Å². The van der Waals surface area contributed by atoms with Crippen LogP contribution >= 0.6 is 0 Å².